The third-order valence-corrected chi connectivity index (χ3v) is 5.17. The minimum Gasteiger partial charge on any atom is -0.325 e. The van der Waals surface area contributed by atoms with Gasteiger partial charge in [-0.25, -0.2) is 0 Å². The van der Waals surface area contributed by atoms with Crippen molar-refractivity contribution >= 4 is 0 Å². The second-order valence-corrected chi connectivity index (χ2v) is 6.64. The van der Waals surface area contributed by atoms with Crippen LogP contribution in [0.25, 0.3) is 0 Å². The summed E-state index contributed by atoms with van der Waals surface area (Å²) in [6.07, 6.45) is 14.5. The van der Waals surface area contributed by atoms with Gasteiger partial charge in [0.05, 0.1) is 0 Å². The van der Waals surface area contributed by atoms with Crippen LogP contribution in [-0.2, 0) is 0 Å². The van der Waals surface area contributed by atoms with Crippen molar-refractivity contribution in [3.05, 3.63) is 0 Å². The normalized spacial score (nSPS) is 42.6. The van der Waals surface area contributed by atoms with Crippen LogP contribution in [0.4, 0.5) is 0 Å². The van der Waals surface area contributed by atoms with Crippen LogP contribution in [0, 0.1) is 17.8 Å². The van der Waals surface area contributed by atoms with Gasteiger partial charge in [0, 0.05) is 5.54 Å². The molecule has 3 aliphatic rings. The summed E-state index contributed by atoms with van der Waals surface area (Å²) in [4.78, 5) is 0. The third kappa shape index (κ3) is 2.38. The predicted octanol–water partition coefficient (Wildman–Crippen LogP) is 3.47. The topological polar surface area (TPSA) is 26.0 Å². The Labute approximate surface area is 93.8 Å². The highest BCUT2D eigenvalue weighted by Crippen LogP contribution is 2.46. The molecule has 3 rings (SSSR count). The first-order valence-electron chi connectivity index (χ1n) is 7.02. The lowest BCUT2D eigenvalue weighted by atomic mass is 9.67. The lowest BCUT2D eigenvalue weighted by molar-refractivity contribution is 0.129. The van der Waals surface area contributed by atoms with Gasteiger partial charge in [0.25, 0.3) is 0 Å². The van der Waals surface area contributed by atoms with Crippen LogP contribution < -0.4 is 5.73 Å². The molecule has 3 saturated carbocycles. The summed E-state index contributed by atoms with van der Waals surface area (Å²) in [5.74, 6) is 3.22. The van der Waals surface area contributed by atoms with E-state index in [1.54, 1.807) is 6.42 Å². The highest BCUT2D eigenvalue weighted by Gasteiger charge is 2.39. The van der Waals surface area contributed by atoms with E-state index in [0.29, 0.717) is 5.54 Å². The molecule has 0 amide bonds. The lowest BCUT2D eigenvalue weighted by Gasteiger charge is -2.39. The molecule has 0 spiro atoms. The van der Waals surface area contributed by atoms with Gasteiger partial charge < -0.3 is 5.73 Å². The van der Waals surface area contributed by atoms with Crippen LogP contribution in [0.5, 0.6) is 0 Å². The van der Waals surface area contributed by atoms with E-state index >= 15 is 0 Å². The second kappa shape index (κ2) is 3.76. The van der Waals surface area contributed by atoms with E-state index in [4.69, 9.17) is 5.73 Å². The third-order valence-electron chi connectivity index (χ3n) is 5.17. The van der Waals surface area contributed by atoms with E-state index in [2.05, 4.69) is 0 Å². The Balaban J connectivity index is 1.49. The Kier molecular flexibility index (Phi) is 2.54. The first kappa shape index (κ1) is 10.1. The molecule has 0 saturated heterocycles. The fraction of sp³-hybridized carbons (Fsp3) is 1.00. The van der Waals surface area contributed by atoms with E-state index in [1.807, 2.05) is 0 Å². The zero-order chi connectivity index (χ0) is 10.3. The van der Waals surface area contributed by atoms with Crippen molar-refractivity contribution in [2.45, 2.75) is 69.7 Å². The maximum Gasteiger partial charge on any atom is 0.0155 e. The molecule has 15 heavy (non-hydrogen) atoms. The van der Waals surface area contributed by atoms with Crippen LogP contribution in [0.3, 0.4) is 0 Å². The molecule has 2 N–H and O–H groups in total. The van der Waals surface area contributed by atoms with Gasteiger partial charge in [-0.3, -0.25) is 0 Å². The standard InChI is InChI=1S/C14H25N/c15-14(6-7-14)5-4-13-9-11-2-1-3-12(8-11)10-13/h11-13H,1-10,15H2/t11-,12+,13?. The van der Waals surface area contributed by atoms with Crippen LogP contribution in [0.15, 0.2) is 0 Å². The molecule has 1 nitrogen and oxygen atoms in total. The Hall–Kier alpha value is -0.0400. The summed E-state index contributed by atoms with van der Waals surface area (Å²) in [5.41, 5.74) is 6.48. The van der Waals surface area contributed by atoms with Crippen molar-refractivity contribution in [3.63, 3.8) is 0 Å². The molecule has 0 heterocycles. The number of fused-ring (bicyclic) bond motifs is 2. The lowest BCUT2D eigenvalue weighted by Crippen LogP contribution is -2.29. The molecule has 1 unspecified atom stereocenters. The maximum absolute atomic E-state index is 6.18. The zero-order valence-corrected chi connectivity index (χ0v) is 9.88. The van der Waals surface area contributed by atoms with Crippen LogP contribution >= 0.6 is 0 Å². The van der Waals surface area contributed by atoms with Gasteiger partial charge in [-0.05, 0) is 62.7 Å². The fourth-order valence-electron chi connectivity index (χ4n) is 4.01. The zero-order valence-electron chi connectivity index (χ0n) is 9.88. The van der Waals surface area contributed by atoms with Crippen molar-refractivity contribution in [2.75, 3.05) is 0 Å². The summed E-state index contributed by atoms with van der Waals surface area (Å²) in [5, 5.41) is 0. The molecule has 1 heteroatoms. The van der Waals surface area contributed by atoms with E-state index in [-0.39, 0.29) is 0 Å². The number of rotatable bonds is 3. The first-order chi connectivity index (χ1) is 7.23. The fourth-order valence-corrected chi connectivity index (χ4v) is 4.01. The van der Waals surface area contributed by atoms with Crippen LogP contribution in [0.2, 0.25) is 0 Å². The van der Waals surface area contributed by atoms with Gasteiger partial charge in [-0.15, -0.1) is 0 Å². The Morgan fingerprint density at radius 1 is 1.00 bits per heavy atom. The van der Waals surface area contributed by atoms with Crippen molar-refractivity contribution in [3.8, 4) is 0 Å². The van der Waals surface area contributed by atoms with Crippen LogP contribution in [0.1, 0.15) is 64.2 Å². The predicted molar refractivity (Wildman–Crippen MR) is 63.6 cm³/mol. The highest BCUT2D eigenvalue weighted by atomic mass is 14.8. The number of nitrogens with two attached hydrogens (primary N) is 1. The molecule has 3 atom stereocenters. The molecule has 86 valence electrons. The van der Waals surface area contributed by atoms with E-state index in [0.717, 1.165) is 17.8 Å². The molecule has 2 bridgehead atoms. The summed E-state index contributed by atoms with van der Waals surface area (Å²) in [7, 11) is 0. The van der Waals surface area contributed by atoms with Gasteiger partial charge in [-0.2, -0.15) is 0 Å². The SMILES string of the molecule is NC1(CCC2C[C@H]3CCC[C@@H](C2)C3)CC1. The number of hydrogen-bond acceptors (Lipinski definition) is 1. The Morgan fingerprint density at radius 3 is 2.27 bits per heavy atom. The summed E-state index contributed by atoms with van der Waals surface area (Å²) in [6.45, 7) is 0. The molecule has 0 aliphatic heterocycles. The molecule has 0 radical (unpaired) electrons. The molecule has 0 aromatic heterocycles. The van der Waals surface area contributed by atoms with E-state index in [1.165, 1.54) is 57.8 Å². The highest BCUT2D eigenvalue weighted by molar-refractivity contribution is 4.99. The van der Waals surface area contributed by atoms with E-state index in [9.17, 15) is 0 Å². The average molecular weight is 207 g/mol. The second-order valence-electron chi connectivity index (χ2n) is 6.64. The van der Waals surface area contributed by atoms with Gasteiger partial charge >= 0.3 is 0 Å². The van der Waals surface area contributed by atoms with Crippen molar-refractivity contribution in [2.24, 2.45) is 23.5 Å². The van der Waals surface area contributed by atoms with Crippen molar-refractivity contribution in [1.29, 1.82) is 0 Å². The van der Waals surface area contributed by atoms with Gasteiger partial charge in [-0.1, -0.05) is 19.3 Å². The molecular formula is C14H25N. The van der Waals surface area contributed by atoms with Gasteiger partial charge in [0.15, 0.2) is 0 Å². The van der Waals surface area contributed by atoms with Crippen molar-refractivity contribution in [1.82, 2.24) is 0 Å². The van der Waals surface area contributed by atoms with Crippen molar-refractivity contribution < 1.29 is 0 Å². The Morgan fingerprint density at radius 2 is 1.67 bits per heavy atom. The number of hydrogen-bond donors (Lipinski definition) is 1. The molecular weight excluding hydrogens is 182 g/mol. The van der Waals surface area contributed by atoms with E-state index < -0.39 is 0 Å². The molecule has 0 aromatic rings. The summed E-state index contributed by atoms with van der Waals surface area (Å²) < 4.78 is 0. The molecule has 3 fully saturated rings. The smallest absolute Gasteiger partial charge is 0.0155 e. The van der Waals surface area contributed by atoms with Gasteiger partial charge in [0.2, 0.25) is 0 Å². The first-order valence-corrected chi connectivity index (χ1v) is 7.02. The quantitative estimate of drug-likeness (QED) is 0.753. The monoisotopic (exact) mass is 207 g/mol. The largest absolute Gasteiger partial charge is 0.325 e. The molecule has 0 aromatic carbocycles. The van der Waals surface area contributed by atoms with Gasteiger partial charge in [0.1, 0.15) is 0 Å². The Bertz CT molecular complexity index is 219. The maximum atomic E-state index is 6.18. The summed E-state index contributed by atoms with van der Waals surface area (Å²) >= 11 is 0. The van der Waals surface area contributed by atoms with Crippen LogP contribution in [-0.4, -0.2) is 5.54 Å². The molecule has 3 aliphatic carbocycles. The summed E-state index contributed by atoms with van der Waals surface area (Å²) in [6, 6.07) is 0. The minimum atomic E-state index is 0.298. The average Bonchev–Trinajstić information content (AvgIpc) is 2.94. The minimum absolute atomic E-state index is 0.298.